The zero-order chi connectivity index (χ0) is 14.0. The molecule has 0 aromatic rings. The van der Waals surface area contributed by atoms with Crippen molar-refractivity contribution in [3.8, 4) is 0 Å². The molecule has 0 heterocycles. The highest BCUT2D eigenvalue weighted by Crippen LogP contribution is 2.09. The fourth-order valence-corrected chi connectivity index (χ4v) is 2.39. The van der Waals surface area contributed by atoms with E-state index in [4.69, 9.17) is 5.73 Å². The topological polar surface area (TPSA) is 57.5 Å². The van der Waals surface area contributed by atoms with Gasteiger partial charge < -0.3 is 11.2 Å². The third-order valence-electron chi connectivity index (χ3n) is 3.72. The standard InChI is InChI=1S/C18H37N.H2O/c1-2-3-4-5-6-7-8-9-10-11-12-13-14-15-16-17-18-19;/h9-10H,2-8,11-19H2,1H3;1H2/b10-9-;. The zero-order valence-electron chi connectivity index (χ0n) is 13.8. The lowest BCUT2D eigenvalue weighted by molar-refractivity contribution is 0.599. The molecule has 0 spiro atoms. The van der Waals surface area contributed by atoms with Gasteiger partial charge in [0.15, 0.2) is 0 Å². The van der Waals surface area contributed by atoms with E-state index in [1.54, 1.807) is 0 Å². The molecule has 0 aromatic heterocycles. The Hall–Kier alpha value is -0.340. The van der Waals surface area contributed by atoms with Gasteiger partial charge in [0.05, 0.1) is 0 Å². The van der Waals surface area contributed by atoms with Crippen LogP contribution in [0.1, 0.15) is 96.8 Å². The molecule has 0 aliphatic heterocycles. The van der Waals surface area contributed by atoms with Crippen LogP contribution in [0, 0.1) is 0 Å². The largest absolute Gasteiger partial charge is 0.412 e. The van der Waals surface area contributed by atoms with Crippen molar-refractivity contribution in [2.24, 2.45) is 5.73 Å². The first kappa shape index (κ1) is 21.9. The lowest BCUT2D eigenvalue weighted by Gasteiger charge is -1.99. The van der Waals surface area contributed by atoms with Gasteiger partial charge in [-0.1, -0.05) is 76.9 Å². The van der Waals surface area contributed by atoms with Crippen LogP contribution in [-0.2, 0) is 0 Å². The summed E-state index contributed by atoms with van der Waals surface area (Å²) in [7, 11) is 0. The van der Waals surface area contributed by atoms with Gasteiger partial charge >= 0.3 is 0 Å². The smallest absolute Gasteiger partial charge is 0.00773 e. The Balaban J connectivity index is 0. The third-order valence-corrected chi connectivity index (χ3v) is 3.72. The summed E-state index contributed by atoms with van der Waals surface area (Å²) in [5, 5.41) is 0. The van der Waals surface area contributed by atoms with Crippen LogP contribution in [0.25, 0.3) is 0 Å². The normalized spacial score (nSPS) is 10.9. The fraction of sp³-hybridized carbons (Fsp3) is 0.889. The second kappa shape index (κ2) is 21.0. The average molecular weight is 286 g/mol. The first-order chi connectivity index (χ1) is 9.41. The van der Waals surface area contributed by atoms with E-state index in [2.05, 4.69) is 19.1 Å². The molecule has 20 heavy (non-hydrogen) atoms. The van der Waals surface area contributed by atoms with Crippen LogP contribution in [0.3, 0.4) is 0 Å². The van der Waals surface area contributed by atoms with Gasteiger partial charge in [0.2, 0.25) is 0 Å². The highest BCUT2D eigenvalue weighted by atomic mass is 16.0. The Bertz CT molecular complexity index is 180. The predicted octanol–water partition coefficient (Wildman–Crippen LogP) is 5.16. The molecule has 0 amide bonds. The molecule has 0 saturated carbocycles. The first-order valence-corrected chi connectivity index (χ1v) is 8.77. The molecule has 0 rings (SSSR count). The van der Waals surface area contributed by atoms with Gasteiger partial charge in [-0.05, 0) is 38.6 Å². The highest BCUT2D eigenvalue weighted by Gasteiger charge is 1.90. The van der Waals surface area contributed by atoms with Gasteiger partial charge in [0.25, 0.3) is 0 Å². The molecule has 0 fully saturated rings. The van der Waals surface area contributed by atoms with Crippen molar-refractivity contribution < 1.29 is 5.48 Å². The lowest BCUT2D eigenvalue weighted by Crippen LogP contribution is -1.97. The summed E-state index contributed by atoms with van der Waals surface area (Å²) < 4.78 is 0. The van der Waals surface area contributed by atoms with Crippen LogP contribution in [0.4, 0.5) is 0 Å². The van der Waals surface area contributed by atoms with Crippen molar-refractivity contribution in [3.63, 3.8) is 0 Å². The Morgan fingerprint density at radius 1 is 0.600 bits per heavy atom. The summed E-state index contributed by atoms with van der Waals surface area (Å²) in [5.74, 6) is 0. The maximum atomic E-state index is 5.47. The molecule has 0 bridgehead atoms. The van der Waals surface area contributed by atoms with Gasteiger partial charge in [-0.3, -0.25) is 0 Å². The van der Waals surface area contributed by atoms with Crippen molar-refractivity contribution in [1.82, 2.24) is 0 Å². The van der Waals surface area contributed by atoms with Crippen molar-refractivity contribution in [1.29, 1.82) is 0 Å². The number of nitrogens with two attached hydrogens (primary N) is 1. The van der Waals surface area contributed by atoms with Crippen molar-refractivity contribution in [2.75, 3.05) is 6.54 Å². The minimum Gasteiger partial charge on any atom is -0.412 e. The quantitative estimate of drug-likeness (QED) is 0.328. The lowest BCUT2D eigenvalue weighted by atomic mass is 10.1. The molecule has 2 heteroatoms. The minimum absolute atomic E-state index is 0. The molecular weight excluding hydrogens is 246 g/mol. The number of hydrogen-bond donors (Lipinski definition) is 1. The summed E-state index contributed by atoms with van der Waals surface area (Å²) in [4.78, 5) is 0. The van der Waals surface area contributed by atoms with Gasteiger partial charge in [0.1, 0.15) is 0 Å². The molecule has 0 aliphatic rings. The van der Waals surface area contributed by atoms with E-state index in [1.807, 2.05) is 0 Å². The number of hydrogen-bond acceptors (Lipinski definition) is 1. The molecule has 0 saturated heterocycles. The number of unbranched alkanes of at least 4 members (excludes halogenated alkanes) is 12. The second-order valence-electron chi connectivity index (χ2n) is 5.73. The fourth-order valence-electron chi connectivity index (χ4n) is 2.39. The molecule has 4 N–H and O–H groups in total. The van der Waals surface area contributed by atoms with Crippen LogP contribution in [0.5, 0.6) is 0 Å². The van der Waals surface area contributed by atoms with E-state index in [0.717, 1.165) is 6.54 Å². The molecular formula is C18H39NO. The molecule has 122 valence electrons. The second-order valence-corrected chi connectivity index (χ2v) is 5.73. The summed E-state index contributed by atoms with van der Waals surface area (Å²) in [5.41, 5.74) is 5.47. The van der Waals surface area contributed by atoms with Crippen molar-refractivity contribution >= 4 is 0 Å². The maximum Gasteiger partial charge on any atom is -0.00773 e. The molecule has 0 aliphatic carbocycles. The molecule has 0 unspecified atom stereocenters. The van der Waals surface area contributed by atoms with E-state index in [0.29, 0.717) is 0 Å². The minimum atomic E-state index is 0. The van der Waals surface area contributed by atoms with Crippen LogP contribution >= 0.6 is 0 Å². The van der Waals surface area contributed by atoms with Crippen LogP contribution in [0.15, 0.2) is 12.2 Å². The first-order valence-electron chi connectivity index (χ1n) is 8.77. The molecule has 0 aromatic carbocycles. The summed E-state index contributed by atoms with van der Waals surface area (Å²) in [6.45, 7) is 3.14. The molecule has 2 nitrogen and oxygen atoms in total. The van der Waals surface area contributed by atoms with Crippen molar-refractivity contribution in [3.05, 3.63) is 12.2 Å². The highest BCUT2D eigenvalue weighted by molar-refractivity contribution is 4.81. The molecule has 0 radical (unpaired) electrons. The summed E-state index contributed by atoms with van der Waals surface area (Å²) in [6.07, 6.45) is 23.9. The summed E-state index contributed by atoms with van der Waals surface area (Å²) >= 11 is 0. The maximum absolute atomic E-state index is 5.47. The van der Waals surface area contributed by atoms with Gasteiger partial charge in [-0.25, -0.2) is 0 Å². The van der Waals surface area contributed by atoms with Gasteiger partial charge in [-0.2, -0.15) is 0 Å². The summed E-state index contributed by atoms with van der Waals surface area (Å²) in [6, 6.07) is 0. The third kappa shape index (κ3) is 20.0. The Morgan fingerprint density at radius 2 is 1.00 bits per heavy atom. The SMILES string of the molecule is CCCCCCCC/C=C\CCCCCCCCN.O. The predicted molar refractivity (Wildman–Crippen MR) is 92.1 cm³/mol. The monoisotopic (exact) mass is 285 g/mol. The molecule has 0 atom stereocenters. The van der Waals surface area contributed by atoms with E-state index >= 15 is 0 Å². The zero-order valence-corrected chi connectivity index (χ0v) is 13.8. The number of rotatable bonds is 15. The van der Waals surface area contributed by atoms with Gasteiger partial charge in [0, 0.05) is 0 Å². The van der Waals surface area contributed by atoms with Crippen molar-refractivity contribution in [2.45, 2.75) is 96.8 Å². The Labute approximate surface area is 127 Å². The average Bonchev–Trinajstić information content (AvgIpc) is 2.43. The van der Waals surface area contributed by atoms with E-state index in [9.17, 15) is 0 Å². The van der Waals surface area contributed by atoms with E-state index in [1.165, 1.54) is 89.9 Å². The number of allylic oxidation sites excluding steroid dienone is 2. The van der Waals surface area contributed by atoms with E-state index < -0.39 is 0 Å². The van der Waals surface area contributed by atoms with Crippen LogP contribution < -0.4 is 5.73 Å². The van der Waals surface area contributed by atoms with Crippen LogP contribution in [-0.4, -0.2) is 12.0 Å². The van der Waals surface area contributed by atoms with Gasteiger partial charge in [-0.15, -0.1) is 0 Å². The Morgan fingerprint density at radius 3 is 1.45 bits per heavy atom. The Kier molecular flexibility index (Phi) is 23.0. The van der Waals surface area contributed by atoms with E-state index in [-0.39, 0.29) is 5.48 Å². The van der Waals surface area contributed by atoms with Crippen LogP contribution in [0.2, 0.25) is 0 Å².